The molecule has 156 valence electrons. The summed E-state index contributed by atoms with van der Waals surface area (Å²) in [7, 11) is 0. The van der Waals surface area contributed by atoms with Crippen molar-refractivity contribution in [3.8, 4) is 0 Å². The lowest BCUT2D eigenvalue weighted by Gasteiger charge is -2.33. The molecule has 0 spiro atoms. The maximum absolute atomic E-state index is 13.0. The number of hydroxylamine groups is 2. The average molecular weight is 401 g/mol. The Morgan fingerprint density at radius 1 is 1.17 bits per heavy atom. The zero-order chi connectivity index (χ0) is 20.6. The second-order valence-electron chi connectivity index (χ2n) is 7.09. The summed E-state index contributed by atoms with van der Waals surface area (Å²) < 4.78 is 6.00. The van der Waals surface area contributed by atoms with E-state index in [4.69, 9.17) is 9.57 Å². The highest BCUT2D eigenvalue weighted by Crippen LogP contribution is 2.24. The smallest absolute Gasteiger partial charge is 0.356 e. The number of H-pyrrole nitrogens is 1. The quantitative estimate of drug-likeness (QED) is 0.542. The van der Waals surface area contributed by atoms with Gasteiger partial charge in [0, 0.05) is 6.07 Å². The van der Waals surface area contributed by atoms with Crippen molar-refractivity contribution in [2.45, 2.75) is 58.2 Å². The summed E-state index contributed by atoms with van der Waals surface area (Å²) in [5.41, 5.74) is 0.523. The van der Waals surface area contributed by atoms with E-state index < -0.39 is 11.5 Å². The molecule has 1 heterocycles. The summed E-state index contributed by atoms with van der Waals surface area (Å²) >= 11 is 0. The van der Waals surface area contributed by atoms with Gasteiger partial charge in [0.15, 0.2) is 0 Å². The molecule has 2 aromatic rings. The number of carbonyl (C=O) groups is 2. The molecule has 1 saturated carbocycles. The largest absolute Gasteiger partial charge is 0.461 e. The summed E-state index contributed by atoms with van der Waals surface area (Å²) in [5, 5.41) is 4.08. The van der Waals surface area contributed by atoms with E-state index in [9.17, 15) is 14.4 Å². The predicted octanol–water partition coefficient (Wildman–Crippen LogP) is 2.65. The Morgan fingerprint density at radius 2 is 1.90 bits per heavy atom. The van der Waals surface area contributed by atoms with Gasteiger partial charge in [0.2, 0.25) is 0 Å². The zero-order valence-electron chi connectivity index (χ0n) is 16.6. The number of ether oxygens (including phenoxy) is 1. The van der Waals surface area contributed by atoms with Gasteiger partial charge in [0.25, 0.3) is 11.5 Å². The standard InChI is InChI=1S/C21H27N3O5/c1-2-28-21(27)18-13-19(25)23(22-18)14-20(26)24(17-11-7-4-8-12-17)29-15-16-9-5-3-6-10-16/h3,5-6,9-10,13,17,22H,2,4,7-8,11-12,14-15H2,1H3. The topological polar surface area (TPSA) is 93.6 Å². The van der Waals surface area contributed by atoms with E-state index in [1.807, 2.05) is 30.3 Å². The molecular weight excluding hydrogens is 374 g/mol. The molecule has 1 aromatic heterocycles. The van der Waals surface area contributed by atoms with Gasteiger partial charge >= 0.3 is 5.97 Å². The molecule has 0 bridgehead atoms. The Hall–Kier alpha value is -2.87. The first-order chi connectivity index (χ1) is 14.1. The van der Waals surface area contributed by atoms with Crippen LogP contribution in [0.4, 0.5) is 0 Å². The Balaban J connectivity index is 1.72. The molecule has 8 nitrogen and oxygen atoms in total. The van der Waals surface area contributed by atoms with E-state index in [-0.39, 0.29) is 37.4 Å². The molecular formula is C21H27N3O5. The van der Waals surface area contributed by atoms with Crippen LogP contribution in [0, 0.1) is 0 Å². The van der Waals surface area contributed by atoms with Gasteiger partial charge in [-0.05, 0) is 25.3 Å². The first-order valence-electron chi connectivity index (χ1n) is 10.0. The number of carbonyl (C=O) groups excluding carboxylic acids is 2. The third-order valence-corrected chi connectivity index (χ3v) is 4.94. The van der Waals surface area contributed by atoms with Gasteiger partial charge in [-0.25, -0.2) is 14.5 Å². The Labute approximate surface area is 169 Å². The van der Waals surface area contributed by atoms with Crippen LogP contribution in [-0.4, -0.2) is 39.4 Å². The Morgan fingerprint density at radius 3 is 2.59 bits per heavy atom. The lowest BCUT2D eigenvalue weighted by Crippen LogP contribution is -2.44. The van der Waals surface area contributed by atoms with Gasteiger partial charge in [-0.3, -0.25) is 19.5 Å². The van der Waals surface area contributed by atoms with Crippen LogP contribution in [0.2, 0.25) is 0 Å². The molecule has 1 aromatic carbocycles. The van der Waals surface area contributed by atoms with Crippen molar-refractivity contribution >= 4 is 11.9 Å². The maximum atomic E-state index is 13.0. The van der Waals surface area contributed by atoms with Gasteiger partial charge < -0.3 is 4.74 Å². The number of amides is 1. The number of esters is 1. The van der Waals surface area contributed by atoms with Crippen LogP contribution in [0.3, 0.4) is 0 Å². The molecule has 8 heteroatoms. The van der Waals surface area contributed by atoms with E-state index in [1.54, 1.807) is 6.92 Å². The minimum Gasteiger partial charge on any atom is -0.461 e. The second-order valence-corrected chi connectivity index (χ2v) is 7.09. The van der Waals surface area contributed by atoms with Crippen LogP contribution in [-0.2, 0) is 27.5 Å². The number of nitrogens with one attached hydrogen (secondary N) is 1. The van der Waals surface area contributed by atoms with Gasteiger partial charge in [-0.15, -0.1) is 0 Å². The summed E-state index contributed by atoms with van der Waals surface area (Å²) in [6.45, 7) is 1.93. The SMILES string of the molecule is CCOC(=O)c1cc(=O)n(CC(=O)N(OCc2ccccc2)C2CCCCC2)[nH]1. The third-order valence-electron chi connectivity index (χ3n) is 4.94. The van der Waals surface area contributed by atoms with Crippen LogP contribution in [0.15, 0.2) is 41.2 Å². The molecule has 3 rings (SSSR count). The Kier molecular flexibility index (Phi) is 7.24. The Bertz CT molecular complexity index is 868. The number of hydrogen-bond donors (Lipinski definition) is 1. The number of benzene rings is 1. The highest BCUT2D eigenvalue weighted by atomic mass is 16.7. The summed E-state index contributed by atoms with van der Waals surface area (Å²) in [5.74, 6) is -0.951. The van der Waals surface area contributed by atoms with E-state index in [2.05, 4.69) is 5.10 Å². The fourth-order valence-corrected chi connectivity index (χ4v) is 3.48. The number of hydrogen-bond acceptors (Lipinski definition) is 5. The normalized spacial score (nSPS) is 14.5. The minimum absolute atomic E-state index is 0.0184. The first kappa shape index (κ1) is 20.9. The van der Waals surface area contributed by atoms with E-state index in [0.29, 0.717) is 0 Å². The molecule has 1 fully saturated rings. The van der Waals surface area contributed by atoms with Crippen molar-refractivity contribution in [3.05, 3.63) is 58.0 Å². The molecule has 0 aliphatic heterocycles. The highest BCUT2D eigenvalue weighted by molar-refractivity contribution is 5.87. The van der Waals surface area contributed by atoms with E-state index in [0.717, 1.165) is 48.4 Å². The van der Waals surface area contributed by atoms with Crippen molar-refractivity contribution in [3.63, 3.8) is 0 Å². The molecule has 0 unspecified atom stereocenters. The molecule has 0 atom stereocenters. The van der Waals surface area contributed by atoms with Gasteiger partial charge in [-0.1, -0.05) is 49.6 Å². The molecule has 29 heavy (non-hydrogen) atoms. The average Bonchev–Trinajstić information content (AvgIpc) is 3.10. The molecule has 1 N–H and O–H groups in total. The molecule has 0 saturated heterocycles. The van der Waals surface area contributed by atoms with Gasteiger partial charge in [-0.2, -0.15) is 0 Å². The lowest BCUT2D eigenvalue weighted by molar-refractivity contribution is -0.210. The summed E-state index contributed by atoms with van der Waals surface area (Å²) in [6, 6.07) is 10.7. The van der Waals surface area contributed by atoms with Crippen molar-refractivity contribution in [1.29, 1.82) is 0 Å². The van der Waals surface area contributed by atoms with Crippen LogP contribution >= 0.6 is 0 Å². The van der Waals surface area contributed by atoms with Gasteiger partial charge in [0.1, 0.15) is 18.8 Å². The lowest BCUT2D eigenvalue weighted by atomic mass is 9.95. The van der Waals surface area contributed by atoms with Crippen molar-refractivity contribution in [2.24, 2.45) is 0 Å². The molecule has 1 aliphatic carbocycles. The molecule has 1 aliphatic rings. The number of aromatic amines is 1. The fourth-order valence-electron chi connectivity index (χ4n) is 3.48. The number of nitrogens with zero attached hydrogens (tertiary/aromatic N) is 2. The minimum atomic E-state index is -0.625. The predicted molar refractivity (Wildman–Crippen MR) is 106 cm³/mol. The molecule has 1 amide bonds. The van der Waals surface area contributed by atoms with Crippen molar-refractivity contribution in [2.75, 3.05) is 6.61 Å². The van der Waals surface area contributed by atoms with Crippen LogP contribution in [0.25, 0.3) is 0 Å². The monoisotopic (exact) mass is 401 g/mol. The first-order valence-corrected chi connectivity index (χ1v) is 10.0. The van der Waals surface area contributed by atoms with Crippen molar-refractivity contribution in [1.82, 2.24) is 14.8 Å². The second kappa shape index (κ2) is 10.1. The zero-order valence-corrected chi connectivity index (χ0v) is 16.6. The fraction of sp³-hybridized carbons (Fsp3) is 0.476. The third kappa shape index (κ3) is 5.57. The van der Waals surface area contributed by atoms with Crippen LogP contribution in [0.1, 0.15) is 55.1 Å². The van der Waals surface area contributed by atoms with Crippen molar-refractivity contribution < 1.29 is 19.2 Å². The highest BCUT2D eigenvalue weighted by Gasteiger charge is 2.27. The maximum Gasteiger partial charge on any atom is 0.356 e. The molecule has 0 radical (unpaired) electrons. The van der Waals surface area contributed by atoms with Gasteiger partial charge in [0.05, 0.1) is 12.6 Å². The van der Waals surface area contributed by atoms with E-state index >= 15 is 0 Å². The summed E-state index contributed by atoms with van der Waals surface area (Å²) in [4.78, 5) is 42.9. The van der Waals surface area contributed by atoms with E-state index in [1.165, 1.54) is 5.06 Å². The van der Waals surface area contributed by atoms with Crippen LogP contribution in [0.5, 0.6) is 0 Å². The summed E-state index contributed by atoms with van der Waals surface area (Å²) in [6.07, 6.45) is 4.97. The van der Waals surface area contributed by atoms with Crippen LogP contribution < -0.4 is 5.56 Å². The number of aromatic nitrogens is 2. The number of rotatable bonds is 8.